The predicted octanol–water partition coefficient (Wildman–Crippen LogP) is 2.96. The fraction of sp³-hybridized carbons (Fsp3) is 0.333. The van der Waals surface area contributed by atoms with Gasteiger partial charge < -0.3 is 4.90 Å². The second-order valence-corrected chi connectivity index (χ2v) is 4.52. The van der Waals surface area contributed by atoms with Gasteiger partial charge in [0, 0.05) is 17.4 Å². The van der Waals surface area contributed by atoms with Crippen molar-refractivity contribution in [3.05, 3.63) is 35.4 Å². The van der Waals surface area contributed by atoms with E-state index in [-0.39, 0.29) is 23.0 Å². The summed E-state index contributed by atoms with van der Waals surface area (Å²) in [5.41, 5.74) is 0.306. The molecule has 0 bridgehead atoms. The zero-order valence-corrected chi connectivity index (χ0v) is 11.3. The van der Waals surface area contributed by atoms with Crippen molar-refractivity contribution in [1.82, 2.24) is 4.90 Å². The van der Waals surface area contributed by atoms with Crippen LogP contribution in [0.1, 0.15) is 15.9 Å². The molecule has 19 heavy (non-hydrogen) atoms. The van der Waals surface area contributed by atoms with Crippen LogP contribution in [0.4, 0.5) is 13.2 Å². The highest BCUT2D eigenvalue weighted by Gasteiger charge is 2.33. The van der Waals surface area contributed by atoms with Gasteiger partial charge in [-0.15, -0.1) is 0 Å². The number of carbonyl (C=O) groups excluding carboxylic acids is 1. The second-order valence-electron chi connectivity index (χ2n) is 3.72. The minimum Gasteiger partial charge on any atom is -0.329 e. The number of amides is 1. The van der Waals surface area contributed by atoms with Crippen LogP contribution in [0.2, 0.25) is 0 Å². The highest BCUT2D eigenvalue weighted by Crippen LogP contribution is 2.18. The fourth-order valence-corrected chi connectivity index (χ4v) is 1.90. The van der Waals surface area contributed by atoms with Crippen molar-refractivity contribution in [2.75, 3.05) is 18.4 Å². The Balaban J connectivity index is 2.95. The summed E-state index contributed by atoms with van der Waals surface area (Å²) >= 11 is 3.01. The molecule has 0 fully saturated rings. The van der Waals surface area contributed by atoms with Crippen LogP contribution >= 0.6 is 15.9 Å². The predicted molar refractivity (Wildman–Crippen MR) is 66.9 cm³/mol. The SMILES string of the molecule is N#Cc1cccc(C(=O)N(CCBr)CC(F)(F)F)c1. The van der Waals surface area contributed by atoms with Crippen LogP contribution in [0.5, 0.6) is 0 Å². The molecule has 0 atom stereocenters. The first kappa shape index (κ1) is 15.5. The molecule has 0 aliphatic carbocycles. The van der Waals surface area contributed by atoms with Gasteiger partial charge in [0.15, 0.2) is 0 Å². The third-order valence-corrected chi connectivity index (χ3v) is 2.61. The van der Waals surface area contributed by atoms with Crippen molar-refractivity contribution in [2.45, 2.75) is 6.18 Å². The average molecular weight is 335 g/mol. The Bertz CT molecular complexity index is 496. The lowest BCUT2D eigenvalue weighted by Gasteiger charge is -2.23. The van der Waals surface area contributed by atoms with Crippen LogP contribution in [0.25, 0.3) is 0 Å². The lowest BCUT2D eigenvalue weighted by molar-refractivity contribution is -0.140. The minimum atomic E-state index is -4.45. The van der Waals surface area contributed by atoms with Crippen LogP contribution in [0, 0.1) is 11.3 Å². The van der Waals surface area contributed by atoms with E-state index in [1.54, 1.807) is 0 Å². The van der Waals surface area contributed by atoms with Crippen LogP contribution in [0.15, 0.2) is 24.3 Å². The smallest absolute Gasteiger partial charge is 0.329 e. The Morgan fingerprint density at radius 2 is 2.11 bits per heavy atom. The number of hydrogen-bond acceptors (Lipinski definition) is 2. The van der Waals surface area contributed by atoms with Crippen LogP contribution < -0.4 is 0 Å². The number of halogens is 4. The van der Waals surface area contributed by atoms with Crippen molar-refractivity contribution in [3.63, 3.8) is 0 Å². The van der Waals surface area contributed by atoms with E-state index in [1.807, 2.05) is 6.07 Å². The molecule has 102 valence electrons. The van der Waals surface area contributed by atoms with Gasteiger partial charge in [-0.3, -0.25) is 4.79 Å². The van der Waals surface area contributed by atoms with Crippen LogP contribution in [-0.4, -0.2) is 35.4 Å². The minimum absolute atomic E-state index is 0.0604. The molecule has 0 unspecified atom stereocenters. The summed E-state index contributed by atoms with van der Waals surface area (Å²) in [5, 5.41) is 8.95. The van der Waals surface area contributed by atoms with Gasteiger partial charge in [0.1, 0.15) is 6.54 Å². The van der Waals surface area contributed by atoms with Gasteiger partial charge >= 0.3 is 6.18 Å². The first-order chi connectivity index (χ1) is 8.87. The molecule has 3 nitrogen and oxygen atoms in total. The number of nitriles is 1. The monoisotopic (exact) mass is 334 g/mol. The third-order valence-electron chi connectivity index (χ3n) is 2.25. The maximum absolute atomic E-state index is 12.4. The Hall–Kier alpha value is -1.55. The van der Waals surface area contributed by atoms with E-state index in [0.717, 1.165) is 0 Å². The third kappa shape index (κ3) is 4.91. The van der Waals surface area contributed by atoms with E-state index in [9.17, 15) is 18.0 Å². The van der Waals surface area contributed by atoms with Gasteiger partial charge in [-0.1, -0.05) is 22.0 Å². The maximum Gasteiger partial charge on any atom is 0.406 e. The Kier molecular flexibility index (Phi) is 5.36. The van der Waals surface area contributed by atoms with Crippen LogP contribution in [0.3, 0.4) is 0 Å². The van der Waals surface area contributed by atoms with E-state index < -0.39 is 18.6 Å². The zero-order valence-electron chi connectivity index (χ0n) is 9.75. The summed E-state index contributed by atoms with van der Waals surface area (Å²) in [7, 11) is 0. The van der Waals surface area contributed by atoms with Gasteiger partial charge in [0.25, 0.3) is 5.91 Å². The van der Waals surface area contributed by atoms with Crippen molar-refractivity contribution in [1.29, 1.82) is 5.26 Å². The Morgan fingerprint density at radius 1 is 1.42 bits per heavy atom. The van der Waals surface area contributed by atoms with Crippen molar-refractivity contribution in [3.8, 4) is 6.07 Å². The molecule has 0 heterocycles. The topological polar surface area (TPSA) is 44.1 Å². The quantitative estimate of drug-likeness (QED) is 0.794. The van der Waals surface area contributed by atoms with E-state index in [2.05, 4.69) is 15.9 Å². The molecule has 0 spiro atoms. The van der Waals surface area contributed by atoms with E-state index in [4.69, 9.17) is 5.26 Å². The molecule has 1 amide bonds. The van der Waals surface area contributed by atoms with Gasteiger partial charge in [-0.2, -0.15) is 18.4 Å². The molecule has 1 aromatic rings. The number of alkyl halides is 4. The van der Waals surface area contributed by atoms with Crippen molar-refractivity contribution in [2.24, 2.45) is 0 Å². The highest BCUT2D eigenvalue weighted by atomic mass is 79.9. The lowest BCUT2D eigenvalue weighted by atomic mass is 10.1. The molecular formula is C12H10BrF3N2O. The zero-order chi connectivity index (χ0) is 14.5. The van der Waals surface area contributed by atoms with E-state index in [1.165, 1.54) is 24.3 Å². The molecule has 0 aromatic heterocycles. The second kappa shape index (κ2) is 6.57. The summed E-state index contributed by atoms with van der Waals surface area (Å²) < 4.78 is 37.2. The Morgan fingerprint density at radius 3 is 2.63 bits per heavy atom. The first-order valence-electron chi connectivity index (χ1n) is 5.29. The summed E-state index contributed by atoms with van der Waals surface area (Å²) in [6, 6.07) is 7.45. The molecule has 7 heteroatoms. The summed E-state index contributed by atoms with van der Waals surface area (Å²) in [5.74, 6) is -0.742. The van der Waals surface area contributed by atoms with Gasteiger partial charge in [-0.05, 0) is 18.2 Å². The number of nitrogens with zero attached hydrogens (tertiary/aromatic N) is 2. The van der Waals surface area contributed by atoms with Gasteiger partial charge in [-0.25, -0.2) is 0 Å². The van der Waals surface area contributed by atoms with Crippen molar-refractivity contribution >= 4 is 21.8 Å². The molecule has 1 aromatic carbocycles. The van der Waals surface area contributed by atoms with Crippen LogP contribution in [-0.2, 0) is 0 Å². The molecule has 0 saturated heterocycles. The number of benzene rings is 1. The molecule has 0 aliphatic rings. The van der Waals surface area contributed by atoms with E-state index in [0.29, 0.717) is 4.90 Å². The summed E-state index contributed by atoms with van der Waals surface area (Å²) in [6.07, 6.45) is -4.45. The standard InChI is InChI=1S/C12H10BrF3N2O/c13-4-5-18(8-12(14,15)16)11(19)10-3-1-2-9(6-10)7-17/h1-3,6H,4-5,8H2. The normalized spacial score (nSPS) is 10.9. The first-order valence-corrected chi connectivity index (χ1v) is 6.41. The Labute approximate surface area is 116 Å². The highest BCUT2D eigenvalue weighted by molar-refractivity contribution is 9.09. The molecule has 1 rings (SSSR count). The average Bonchev–Trinajstić information content (AvgIpc) is 2.36. The largest absolute Gasteiger partial charge is 0.406 e. The molecule has 0 saturated carbocycles. The van der Waals surface area contributed by atoms with E-state index >= 15 is 0 Å². The summed E-state index contributed by atoms with van der Waals surface area (Å²) in [6.45, 7) is -1.37. The fourth-order valence-electron chi connectivity index (χ4n) is 1.48. The molecular weight excluding hydrogens is 325 g/mol. The number of rotatable bonds is 4. The number of carbonyl (C=O) groups is 1. The van der Waals surface area contributed by atoms with Gasteiger partial charge in [0.2, 0.25) is 0 Å². The summed E-state index contributed by atoms with van der Waals surface area (Å²) in [4.78, 5) is 12.7. The molecule has 0 aliphatic heterocycles. The molecule has 0 radical (unpaired) electrons. The number of hydrogen-bond donors (Lipinski definition) is 0. The van der Waals surface area contributed by atoms with Gasteiger partial charge in [0.05, 0.1) is 11.6 Å². The lowest BCUT2D eigenvalue weighted by Crippen LogP contribution is -2.40. The van der Waals surface area contributed by atoms with Crippen molar-refractivity contribution < 1.29 is 18.0 Å². The molecule has 0 N–H and O–H groups in total. The maximum atomic E-state index is 12.4.